The normalized spacial score (nSPS) is 21.6. The molecule has 4 rings (SSSR count). The fraction of sp³-hybridized carbons (Fsp3) is 0.364. The van der Waals surface area contributed by atoms with Crippen LogP contribution < -0.4 is 4.90 Å². The minimum Gasteiger partial charge on any atom is -0.422 e. The number of carbonyl (C=O) groups is 2. The molecule has 1 fully saturated rings. The molecule has 0 unspecified atom stereocenters. The van der Waals surface area contributed by atoms with E-state index in [2.05, 4.69) is 0 Å². The van der Waals surface area contributed by atoms with Crippen LogP contribution in [0.2, 0.25) is 0 Å². The predicted octanol–water partition coefficient (Wildman–Crippen LogP) is 3.54. The maximum atomic E-state index is 13.4. The number of nitro groups is 1. The van der Waals surface area contributed by atoms with Gasteiger partial charge in [0.15, 0.2) is 5.41 Å². The number of non-ortho nitro benzene ring substituents is 1. The topological polar surface area (TPSA) is 99.0 Å². The van der Waals surface area contributed by atoms with Crippen molar-refractivity contribution in [1.29, 1.82) is 0 Å². The number of hydrogen-bond acceptors (Lipinski definition) is 7. The van der Waals surface area contributed by atoms with Crippen molar-refractivity contribution in [3.8, 4) is 0 Å². The lowest BCUT2D eigenvalue weighted by Crippen LogP contribution is -2.62. The van der Waals surface area contributed by atoms with E-state index in [1.54, 1.807) is 6.07 Å². The third kappa shape index (κ3) is 2.91. The summed E-state index contributed by atoms with van der Waals surface area (Å²) in [5, 5.41) is 11.3. The van der Waals surface area contributed by atoms with Gasteiger partial charge >= 0.3 is 11.9 Å². The molecule has 1 saturated heterocycles. The van der Waals surface area contributed by atoms with E-state index in [-0.39, 0.29) is 12.1 Å². The molecule has 0 amide bonds. The van der Waals surface area contributed by atoms with Gasteiger partial charge in [-0.1, -0.05) is 30.3 Å². The molecule has 1 spiro atoms. The largest absolute Gasteiger partial charge is 0.422 e. The number of hydrogen-bond donors (Lipinski definition) is 0. The van der Waals surface area contributed by atoms with Crippen LogP contribution in [0.1, 0.15) is 37.9 Å². The summed E-state index contributed by atoms with van der Waals surface area (Å²) in [5.41, 5.74) is 0.266. The predicted molar refractivity (Wildman–Crippen MR) is 108 cm³/mol. The minimum absolute atomic E-state index is 0.0478. The van der Waals surface area contributed by atoms with Crippen LogP contribution in [0.4, 0.5) is 11.4 Å². The maximum absolute atomic E-state index is 13.4. The van der Waals surface area contributed by atoms with Gasteiger partial charge in [-0.25, -0.2) is 0 Å². The smallest absolute Gasteiger partial charge is 0.329 e. The van der Waals surface area contributed by atoms with E-state index in [0.717, 1.165) is 11.3 Å². The Balaban J connectivity index is 1.97. The first-order valence-electron chi connectivity index (χ1n) is 9.75. The molecule has 8 heteroatoms. The number of cyclic esters (lactones) is 2. The second kappa shape index (κ2) is 6.83. The number of nitrogens with zero attached hydrogens (tertiary/aromatic N) is 2. The first-order chi connectivity index (χ1) is 14.2. The molecular weight excluding hydrogens is 388 g/mol. The zero-order valence-electron chi connectivity index (χ0n) is 17.0. The molecule has 2 aliphatic rings. The standard InChI is InChI=1S/C22H22N2O6/c1-4-23-17-11-10-16(24(27)28)12-15(17)13-22(18(23)14-8-6-5-7-9-14)19(25)29-21(2,3)30-20(22)26/h5-12,18H,4,13H2,1-3H3/t18-/m1/s1. The van der Waals surface area contributed by atoms with Gasteiger partial charge in [-0.2, -0.15) is 0 Å². The third-order valence-electron chi connectivity index (χ3n) is 5.69. The van der Waals surface area contributed by atoms with Crippen LogP contribution in [0, 0.1) is 15.5 Å². The summed E-state index contributed by atoms with van der Waals surface area (Å²) in [5.74, 6) is -2.75. The summed E-state index contributed by atoms with van der Waals surface area (Å²) in [6.07, 6.45) is -0.0478. The Morgan fingerprint density at radius 1 is 1.10 bits per heavy atom. The Hall–Kier alpha value is -3.42. The first kappa shape index (κ1) is 19.9. The molecule has 156 valence electrons. The molecule has 0 saturated carbocycles. The van der Waals surface area contributed by atoms with E-state index in [1.807, 2.05) is 42.2 Å². The Morgan fingerprint density at radius 3 is 2.30 bits per heavy atom. The van der Waals surface area contributed by atoms with Gasteiger partial charge in [0.2, 0.25) is 0 Å². The van der Waals surface area contributed by atoms with Crippen LogP contribution in [0.3, 0.4) is 0 Å². The zero-order valence-corrected chi connectivity index (χ0v) is 17.0. The number of ether oxygens (including phenoxy) is 2. The quantitative estimate of drug-likeness (QED) is 0.330. The summed E-state index contributed by atoms with van der Waals surface area (Å²) >= 11 is 0. The van der Waals surface area contributed by atoms with E-state index < -0.39 is 34.1 Å². The maximum Gasteiger partial charge on any atom is 0.329 e. The lowest BCUT2D eigenvalue weighted by atomic mass is 9.68. The molecule has 0 aromatic heterocycles. The summed E-state index contributed by atoms with van der Waals surface area (Å²) in [6, 6.07) is 13.1. The highest BCUT2D eigenvalue weighted by molar-refractivity contribution is 6.04. The molecule has 30 heavy (non-hydrogen) atoms. The molecule has 2 aromatic rings. The number of rotatable bonds is 3. The van der Waals surface area contributed by atoms with Gasteiger partial charge < -0.3 is 14.4 Å². The Morgan fingerprint density at radius 2 is 1.73 bits per heavy atom. The summed E-state index contributed by atoms with van der Waals surface area (Å²) < 4.78 is 11.1. The first-order valence-corrected chi connectivity index (χ1v) is 9.75. The van der Waals surface area contributed by atoms with Gasteiger partial charge in [-0.3, -0.25) is 19.7 Å². The summed E-state index contributed by atoms with van der Waals surface area (Å²) in [7, 11) is 0. The van der Waals surface area contributed by atoms with Gasteiger partial charge in [-0.05, 0) is 24.1 Å². The molecule has 0 aliphatic carbocycles. The lowest BCUT2D eigenvalue weighted by Gasteiger charge is -2.51. The van der Waals surface area contributed by atoms with Gasteiger partial charge in [0.25, 0.3) is 11.5 Å². The fourth-order valence-electron chi connectivity index (χ4n) is 4.46. The Labute approximate surface area is 173 Å². The molecule has 2 heterocycles. The lowest BCUT2D eigenvalue weighted by molar-refractivity contribution is -0.384. The Kier molecular flexibility index (Phi) is 4.52. The van der Waals surface area contributed by atoms with Crippen LogP contribution in [0.15, 0.2) is 48.5 Å². The van der Waals surface area contributed by atoms with Gasteiger partial charge in [0.1, 0.15) is 0 Å². The van der Waals surface area contributed by atoms with Crippen molar-refractivity contribution >= 4 is 23.3 Å². The SMILES string of the molecule is CCN1c2ccc([N+](=O)[O-])cc2CC2(C(=O)OC(C)(C)OC2=O)[C@H]1c1ccccc1. The van der Waals surface area contributed by atoms with Gasteiger partial charge in [0.05, 0.1) is 11.0 Å². The third-order valence-corrected chi connectivity index (χ3v) is 5.69. The van der Waals surface area contributed by atoms with Crippen molar-refractivity contribution in [3.05, 3.63) is 69.8 Å². The highest BCUT2D eigenvalue weighted by Gasteiger charge is 2.64. The van der Waals surface area contributed by atoms with Crippen molar-refractivity contribution in [1.82, 2.24) is 0 Å². The van der Waals surface area contributed by atoms with Crippen molar-refractivity contribution < 1.29 is 24.0 Å². The Bertz CT molecular complexity index is 1010. The minimum atomic E-state index is -1.67. The molecule has 0 radical (unpaired) electrons. The van der Waals surface area contributed by atoms with E-state index in [1.165, 1.54) is 26.0 Å². The van der Waals surface area contributed by atoms with Gasteiger partial charge in [-0.15, -0.1) is 0 Å². The number of esters is 2. The number of nitro benzene ring substituents is 1. The number of carbonyl (C=O) groups excluding carboxylic acids is 2. The second-order valence-electron chi connectivity index (χ2n) is 8.00. The number of fused-ring (bicyclic) bond motifs is 1. The molecule has 0 bridgehead atoms. The van der Waals surface area contributed by atoms with E-state index in [9.17, 15) is 19.7 Å². The van der Waals surface area contributed by atoms with Gasteiger partial charge in [0, 0.05) is 44.6 Å². The average Bonchev–Trinajstić information content (AvgIpc) is 2.70. The molecule has 0 N–H and O–H groups in total. The fourth-order valence-corrected chi connectivity index (χ4v) is 4.46. The van der Waals surface area contributed by atoms with E-state index >= 15 is 0 Å². The number of benzene rings is 2. The van der Waals surface area contributed by atoms with Crippen LogP contribution >= 0.6 is 0 Å². The van der Waals surface area contributed by atoms with Crippen LogP contribution in [-0.4, -0.2) is 29.2 Å². The van der Waals surface area contributed by atoms with E-state index in [0.29, 0.717) is 12.1 Å². The van der Waals surface area contributed by atoms with Crippen LogP contribution in [0.5, 0.6) is 0 Å². The van der Waals surface area contributed by atoms with Crippen LogP contribution in [-0.2, 0) is 25.5 Å². The van der Waals surface area contributed by atoms with Crippen LogP contribution in [0.25, 0.3) is 0 Å². The molecular formula is C22H22N2O6. The highest BCUT2D eigenvalue weighted by Crippen LogP contribution is 2.53. The second-order valence-corrected chi connectivity index (χ2v) is 8.00. The molecule has 1 atom stereocenters. The van der Waals surface area contributed by atoms with Crippen molar-refractivity contribution in [2.45, 2.75) is 39.0 Å². The number of anilines is 1. The summed E-state index contributed by atoms with van der Waals surface area (Å²) in [6.45, 7) is 5.39. The molecule has 2 aliphatic heterocycles. The van der Waals surface area contributed by atoms with Crippen molar-refractivity contribution in [3.63, 3.8) is 0 Å². The summed E-state index contributed by atoms with van der Waals surface area (Å²) in [4.78, 5) is 39.5. The zero-order chi connectivity index (χ0) is 21.7. The van der Waals surface area contributed by atoms with Crippen molar-refractivity contribution in [2.75, 3.05) is 11.4 Å². The monoisotopic (exact) mass is 410 g/mol. The highest BCUT2D eigenvalue weighted by atomic mass is 16.7. The average molecular weight is 410 g/mol. The molecule has 8 nitrogen and oxygen atoms in total. The van der Waals surface area contributed by atoms with E-state index in [4.69, 9.17) is 9.47 Å². The van der Waals surface area contributed by atoms with Crippen molar-refractivity contribution in [2.24, 2.45) is 5.41 Å². The molecule has 2 aromatic carbocycles.